The number of nitrogens with zero attached hydrogens (tertiary/aromatic N) is 1. The van der Waals surface area contributed by atoms with E-state index in [2.05, 4.69) is 11.1 Å². The molecule has 0 amide bonds. The van der Waals surface area contributed by atoms with Gasteiger partial charge in [0.15, 0.2) is 5.78 Å². The summed E-state index contributed by atoms with van der Waals surface area (Å²) in [6.45, 7) is 2.85. The molecule has 0 aliphatic carbocycles. The SMILES string of the molecule is CC(=O)/C=C(/C)O.FC(F)(F)c1cc[c-]c(-c2ccc3ccccc3n2)c1.[Ir]. The Balaban J connectivity index is 0.000000425. The monoisotopic (exact) mass is 565 g/mol. The third kappa shape index (κ3) is 6.91. The molecule has 3 nitrogen and oxygen atoms in total. The van der Waals surface area contributed by atoms with Gasteiger partial charge >= 0.3 is 6.18 Å². The average Bonchev–Trinajstić information content (AvgIpc) is 2.60. The zero-order valence-corrected chi connectivity index (χ0v) is 17.4. The zero-order valence-electron chi connectivity index (χ0n) is 15.0. The molecule has 0 spiro atoms. The van der Waals surface area contributed by atoms with Gasteiger partial charge in [0.1, 0.15) is 0 Å². The molecule has 0 saturated carbocycles. The van der Waals surface area contributed by atoms with Crippen molar-refractivity contribution in [1.82, 2.24) is 4.98 Å². The molecule has 149 valence electrons. The third-order valence-electron chi connectivity index (χ3n) is 3.42. The van der Waals surface area contributed by atoms with Gasteiger partial charge in [0.2, 0.25) is 0 Å². The molecule has 1 N–H and O–H groups in total. The van der Waals surface area contributed by atoms with Gasteiger partial charge in [-0.05, 0) is 36.6 Å². The third-order valence-corrected chi connectivity index (χ3v) is 3.42. The molecule has 0 fully saturated rings. The van der Waals surface area contributed by atoms with Crippen LogP contribution in [0.15, 0.2) is 66.4 Å². The van der Waals surface area contributed by atoms with E-state index < -0.39 is 11.7 Å². The second-order valence-corrected chi connectivity index (χ2v) is 5.77. The molecule has 1 radical (unpaired) electrons. The molecule has 3 rings (SSSR count). The Morgan fingerprint density at radius 3 is 2.36 bits per heavy atom. The van der Waals surface area contributed by atoms with Crippen molar-refractivity contribution in [3.63, 3.8) is 0 Å². The Kier molecular flexibility index (Phi) is 8.54. The van der Waals surface area contributed by atoms with Gasteiger partial charge in [-0.1, -0.05) is 30.3 Å². The summed E-state index contributed by atoms with van der Waals surface area (Å²) in [5.41, 5.74) is 0.873. The van der Waals surface area contributed by atoms with Crippen molar-refractivity contribution in [3.8, 4) is 11.3 Å². The molecule has 1 aromatic heterocycles. The number of allylic oxidation sites excluding steroid dienone is 2. The quantitative estimate of drug-likeness (QED) is 0.245. The first-order valence-corrected chi connectivity index (χ1v) is 8.00. The fraction of sp³-hybridized carbons (Fsp3) is 0.143. The van der Waals surface area contributed by atoms with E-state index >= 15 is 0 Å². The van der Waals surface area contributed by atoms with Crippen molar-refractivity contribution in [2.24, 2.45) is 0 Å². The molecule has 0 unspecified atom stereocenters. The number of carbonyl (C=O) groups excluding carboxylic acids is 1. The fourth-order valence-electron chi connectivity index (χ4n) is 2.30. The molecule has 0 saturated heterocycles. The second kappa shape index (κ2) is 10.2. The van der Waals surface area contributed by atoms with Crippen molar-refractivity contribution < 1.29 is 43.2 Å². The summed E-state index contributed by atoms with van der Waals surface area (Å²) >= 11 is 0. The minimum absolute atomic E-state index is 0. The van der Waals surface area contributed by atoms with Crippen molar-refractivity contribution in [1.29, 1.82) is 0 Å². The van der Waals surface area contributed by atoms with E-state index in [1.165, 1.54) is 26.0 Å². The van der Waals surface area contributed by atoms with E-state index in [9.17, 15) is 18.0 Å². The van der Waals surface area contributed by atoms with Gasteiger partial charge in [0.25, 0.3) is 0 Å². The number of ketones is 1. The number of rotatable bonds is 2. The number of pyridine rings is 1. The van der Waals surface area contributed by atoms with Gasteiger partial charge in [-0.15, -0.1) is 29.8 Å². The maximum Gasteiger partial charge on any atom is 0.399 e. The summed E-state index contributed by atoms with van der Waals surface area (Å²) in [5.74, 6) is -0.0625. The number of aromatic nitrogens is 1. The number of aliphatic hydroxyl groups is 1. The van der Waals surface area contributed by atoms with Crippen LogP contribution < -0.4 is 0 Å². The topological polar surface area (TPSA) is 50.2 Å². The van der Waals surface area contributed by atoms with E-state index in [1.807, 2.05) is 30.3 Å². The van der Waals surface area contributed by atoms with Crippen molar-refractivity contribution >= 4 is 16.7 Å². The van der Waals surface area contributed by atoms with E-state index in [-0.39, 0.29) is 31.6 Å². The molecule has 2 aromatic carbocycles. The van der Waals surface area contributed by atoms with Gasteiger partial charge in [-0.2, -0.15) is 13.2 Å². The molecule has 0 atom stereocenters. The smallest absolute Gasteiger partial charge is 0.399 e. The summed E-state index contributed by atoms with van der Waals surface area (Å²) in [6.07, 6.45) is -3.19. The van der Waals surface area contributed by atoms with Crippen LogP contribution in [0.4, 0.5) is 13.2 Å². The zero-order chi connectivity index (χ0) is 20.0. The largest absolute Gasteiger partial charge is 0.512 e. The maximum atomic E-state index is 12.7. The number of hydrogen-bond acceptors (Lipinski definition) is 3. The van der Waals surface area contributed by atoms with Gasteiger partial charge in [0, 0.05) is 26.2 Å². The Labute approximate surface area is 174 Å². The van der Waals surface area contributed by atoms with Crippen LogP contribution in [-0.2, 0) is 31.1 Å². The van der Waals surface area contributed by atoms with Crippen LogP contribution in [0.3, 0.4) is 0 Å². The average molecular weight is 565 g/mol. The molecule has 28 heavy (non-hydrogen) atoms. The molecular weight excluding hydrogens is 547 g/mol. The van der Waals surface area contributed by atoms with Crippen LogP contribution >= 0.6 is 0 Å². The van der Waals surface area contributed by atoms with E-state index in [0.717, 1.165) is 23.0 Å². The predicted octanol–water partition coefficient (Wildman–Crippen LogP) is 5.76. The van der Waals surface area contributed by atoms with Crippen molar-refractivity contribution in [2.45, 2.75) is 20.0 Å². The molecule has 0 bridgehead atoms. The standard InChI is InChI=1S/C16H9F3N.C5H8O2.Ir/c17-16(18,19)13-6-3-5-12(10-13)15-9-8-11-4-1-2-7-14(11)20-15;1-4(6)3-5(2)7;/h1-4,6-10H;3,6H,1-2H3;/q-1;;/b;4-3-;. The summed E-state index contributed by atoms with van der Waals surface area (Å²) in [4.78, 5) is 14.4. The number of para-hydroxylation sites is 1. The van der Waals surface area contributed by atoms with Crippen LogP contribution in [0.2, 0.25) is 0 Å². The summed E-state index contributed by atoms with van der Waals surface area (Å²) in [7, 11) is 0. The Morgan fingerprint density at radius 2 is 1.79 bits per heavy atom. The molecule has 0 aliphatic heterocycles. The first-order chi connectivity index (χ1) is 12.7. The van der Waals surface area contributed by atoms with Crippen LogP contribution in [0.25, 0.3) is 22.2 Å². The number of halogens is 3. The Morgan fingerprint density at radius 1 is 1.11 bits per heavy atom. The van der Waals surface area contributed by atoms with Crippen molar-refractivity contribution in [2.75, 3.05) is 0 Å². The summed E-state index contributed by atoms with van der Waals surface area (Å²) in [6, 6.07) is 17.1. The molecule has 7 heteroatoms. The number of carbonyl (C=O) groups is 1. The first kappa shape index (κ1) is 23.5. The number of aliphatic hydroxyl groups excluding tert-OH is 1. The molecular formula is C21H17F3IrNO2-. The van der Waals surface area contributed by atoms with E-state index in [4.69, 9.17) is 5.11 Å². The Hall–Kier alpha value is -2.50. The molecule has 1 heterocycles. The molecule has 0 aliphatic rings. The van der Waals surface area contributed by atoms with Gasteiger partial charge < -0.3 is 5.11 Å². The predicted molar refractivity (Wildman–Crippen MR) is 98.1 cm³/mol. The number of benzene rings is 2. The van der Waals surface area contributed by atoms with Crippen LogP contribution in [0, 0.1) is 6.07 Å². The summed E-state index contributed by atoms with van der Waals surface area (Å²) < 4.78 is 38.1. The number of fused-ring (bicyclic) bond motifs is 1. The minimum atomic E-state index is -4.36. The van der Waals surface area contributed by atoms with Gasteiger partial charge in [-0.25, -0.2) is 0 Å². The van der Waals surface area contributed by atoms with Crippen molar-refractivity contribution in [3.05, 3.63) is 78.1 Å². The summed E-state index contributed by atoms with van der Waals surface area (Å²) in [5, 5.41) is 9.31. The van der Waals surface area contributed by atoms with Crippen LogP contribution in [0.1, 0.15) is 19.4 Å². The van der Waals surface area contributed by atoms with Gasteiger partial charge in [-0.3, -0.25) is 9.78 Å². The number of alkyl halides is 3. The maximum absolute atomic E-state index is 12.7. The second-order valence-electron chi connectivity index (χ2n) is 5.77. The normalized spacial score (nSPS) is 11.2. The Bertz CT molecular complexity index is 981. The van der Waals surface area contributed by atoms with Gasteiger partial charge in [0.05, 0.1) is 11.3 Å². The van der Waals surface area contributed by atoms with E-state index in [0.29, 0.717) is 11.3 Å². The first-order valence-electron chi connectivity index (χ1n) is 8.00. The van der Waals surface area contributed by atoms with Crippen LogP contribution in [0.5, 0.6) is 0 Å². The number of hydrogen-bond donors (Lipinski definition) is 1. The molecule has 3 aromatic rings. The minimum Gasteiger partial charge on any atom is -0.512 e. The fourth-order valence-corrected chi connectivity index (χ4v) is 2.30. The van der Waals surface area contributed by atoms with E-state index in [1.54, 1.807) is 6.07 Å². The van der Waals surface area contributed by atoms with Crippen LogP contribution in [-0.4, -0.2) is 15.9 Å².